The maximum absolute atomic E-state index is 13.5. The number of hydrogen-bond donors (Lipinski definition) is 1. The summed E-state index contributed by atoms with van der Waals surface area (Å²) in [6, 6.07) is 4.27. The summed E-state index contributed by atoms with van der Waals surface area (Å²) < 4.78 is 13.5. The lowest BCUT2D eigenvalue weighted by molar-refractivity contribution is 0.270. The monoisotopic (exact) mass is 305 g/mol. The van der Waals surface area contributed by atoms with Crippen molar-refractivity contribution in [1.29, 1.82) is 0 Å². The second-order valence-electron chi connectivity index (χ2n) is 3.56. The van der Waals surface area contributed by atoms with Gasteiger partial charge < -0.3 is 5.11 Å². The number of aromatic nitrogens is 1. The van der Waals surface area contributed by atoms with E-state index in [-0.39, 0.29) is 5.69 Å². The van der Waals surface area contributed by atoms with Crippen LogP contribution in [0.2, 0.25) is 15.1 Å². The number of hydrogen-bond acceptors (Lipinski definition) is 2. The molecule has 0 amide bonds. The Hall–Kier alpha value is -0.870. The first-order valence-electron chi connectivity index (χ1n) is 4.93. The SMILES string of the molecule is OCc1ncc(-c2cc(Cl)c(Cl)cc2Cl)cc1F. The van der Waals surface area contributed by atoms with Gasteiger partial charge in [-0.1, -0.05) is 34.8 Å². The van der Waals surface area contributed by atoms with Crippen molar-refractivity contribution in [3.8, 4) is 11.1 Å². The molecule has 0 aliphatic heterocycles. The maximum atomic E-state index is 13.5. The molecule has 1 aromatic carbocycles. The van der Waals surface area contributed by atoms with Gasteiger partial charge in [-0.05, 0) is 18.2 Å². The zero-order chi connectivity index (χ0) is 13.3. The lowest BCUT2D eigenvalue weighted by atomic mass is 10.1. The fourth-order valence-corrected chi connectivity index (χ4v) is 2.13. The summed E-state index contributed by atoms with van der Waals surface area (Å²) in [5.41, 5.74) is 0.977. The molecule has 0 unspecified atom stereocenters. The standard InChI is InChI=1S/C12H7Cl3FNO/c13-8-3-10(15)9(14)2-7(8)6-1-11(16)12(5-18)17-4-6/h1-4,18H,5H2. The third-order valence-corrected chi connectivity index (χ3v) is 3.42. The highest BCUT2D eigenvalue weighted by Gasteiger charge is 2.11. The summed E-state index contributed by atoms with van der Waals surface area (Å²) in [6.07, 6.45) is 1.42. The quantitative estimate of drug-likeness (QED) is 0.837. The first-order chi connectivity index (χ1) is 8.52. The average Bonchev–Trinajstić information content (AvgIpc) is 2.33. The molecular weight excluding hydrogens is 299 g/mol. The molecule has 0 atom stereocenters. The van der Waals surface area contributed by atoms with E-state index < -0.39 is 12.4 Å². The number of pyridine rings is 1. The molecule has 2 rings (SSSR count). The van der Waals surface area contributed by atoms with Crippen molar-refractivity contribution in [2.45, 2.75) is 6.61 Å². The number of aliphatic hydroxyl groups is 1. The molecule has 0 aliphatic rings. The van der Waals surface area contributed by atoms with Gasteiger partial charge in [0, 0.05) is 17.3 Å². The van der Waals surface area contributed by atoms with Gasteiger partial charge in [0.25, 0.3) is 0 Å². The molecule has 94 valence electrons. The molecule has 0 fully saturated rings. The molecule has 1 heterocycles. The first kappa shape index (κ1) is 13.6. The summed E-state index contributed by atoms with van der Waals surface area (Å²) in [4.78, 5) is 3.81. The summed E-state index contributed by atoms with van der Waals surface area (Å²) in [5.74, 6) is -0.600. The van der Waals surface area contributed by atoms with Crippen LogP contribution in [0.3, 0.4) is 0 Å². The molecule has 18 heavy (non-hydrogen) atoms. The molecule has 0 bridgehead atoms. The third kappa shape index (κ3) is 2.59. The van der Waals surface area contributed by atoms with Crippen molar-refractivity contribution in [3.05, 3.63) is 51.0 Å². The van der Waals surface area contributed by atoms with E-state index in [0.717, 1.165) is 0 Å². The summed E-state index contributed by atoms with van der Waals surface area (Å²) in [5, 5.41) is 9.84. The van der Waals surface area contributed by atoms with Crippen LogP contribution in [0.4, 0.5) is 4.39 Å². The fraction of sp³-hybridized carbons (Fsp3) is 0.0833. The van der Waals surface area contributed by atoms with Crippen LogP contribution in [-0.4, -0.2) is 10.1 Å². The van der Waals surface area contributed by atoms with E-state index in [9.17, 15) is 4.39 Å². The predicted octanol–water partition coefficient (Wildman–Crippen LogP) is 4.34. The average molecular weight is 307 g/mol. The first-order valence-corrected chi connectivity index (χ1v) is 6.06. The zero-order valence-corrected chi connectivity index (χ0v) is 11.2. The predicted molar refractivity (Wildman–Crippen MR) is 70.6 cm³/mol. The topological polar surface area (TPSA) is 33.1 Å². The third-order valence-electron chi connectivity index (χ3n) is 2.39. The number of halogens is 4. The summed E-state index contributed by atoms with van der Waals surface area (Å²) in [6.45, 7) is -0.457. The Labute approximate surface area is 118 Å². The van der Waals surface area contributed by atoms with Gasteiger partial charge in [-0.15, -0.1) is 0 Å². The smallest absolute Gasteiger partial charge is 0.147 e. The number of benzene rings is 1. The Kier molecular flexibility index (Phi) is 4.07. The minimum Gasteiger partial charge on any atom is -0.390 e. The van der Waals surface area contributed by atoms with Gasteiger partial charge in [0.05, 0.1) is 21.7 Å². The number of rotatable bonds is 2. The highest BCUT2D eigenvalue weighted by atomic mass is 35.5. The highest BCUT2D eigenvalue weighted by Crippen LogP contribution is 2.35. The molecule has 0 spiro atoms. The van der Waals surface area contributed by atoms with Crippen molar-refractivity contribution in [3.63, 3.8) is 0 Å². The number of nitrogens with zero attached hydrogens (tertiary/aromatic N) is 1. The van der Waals surface area contributed by atoms with Gasteiger partial charge in [0.2, 0.25) is 0 Å². The second kappa shape index (κ2) is 5.41. The van der Waals surface area contributed by atoms with Crippen molar-refractivity contribution >= 4 is 34.8 Å². The Bertz CT molecular complexity index is 604. The maximum Gasteiger partial charge on any atom is 0.147 e. The van der Waals surface area contributed by atoms with E-state index in [1.165, 1.54) is 18.3 Å². The largest absolute Gasteiger partial charge is 0.390 e. The molecular formula is C12H7Cl3FNO. The molecule has 0 saturated carbocycles. The van der Waals surface area contributed by atoms with Crippen molar-refractivity contribution in [2.75, 3.05) is 0 Å². The van der Waals surface area contributed by atoms with Gasteiger partial charge in [0.15, 0.2) is 0 Å². The van der Waals surface area contributed by atoms with Gasteiger partial charge in [-0.2, -0.15) is 0 Å². The molecule has 1 N–H and O–H groups in total. The highest BCUT2D eigenvalue weighted by molar-refractivity contribution is 6.44. The molecule has 0 radical (unpaired) electrons. The molecule has 2 aromatic rings. The minimum atomic E-state index is -0.600. The second-order valence-corrected chi connectivity index (χ2v) is 4.78. The van der Waals surface area contributed by atoms with Crippen LogP contribution in [0.1, 0.15) is 5.69 Å². The van der Waals surface area contributed by atoms with Crippen LogP contribution in [0.5, 0.6) is 0 Å². The van der Waals surface area contributed by atoms with Gasteiger partial charge in [-0.25, -0.2) is 4.39 Å². The Morgan fingerprint density at radius 2 is 1.72 bits per heavy atom. The zero-order valence-electron chi connectivity index (χ0n) is 8.92. The number of aliphatic hydroxyl groups excluding tert-OH is 1. The van der Waals surface area contributed by atoms with Crippen molar-refractivity contribution in [2.24, 2.45) is 0 Å². The van der Waals surface area contributed by atoms with E-state index >= 15 is 0 Å². The normalized spacial score (nSPS) is 10.7. The van der Waals surface area contributed by atoms with Crippen LogP contribution < -0.4 is 0 Å². The Morgan fingerprint density at radius 1 is 1.06 bits per heavy atom. The fourth-order valence-electron chi connectivity index (χ4n) is 1.47. The van der Waals surface area contributed by atoms with E-state index in [1.807, 2.05) is 0 Å². The van der Waals surface area contributed by atoms with Crippen molar-refractivity contribution in [1.82, 2.24) is 4.98 Å². The van der Waals surface area contributed by atoms with Crippen LogP contribution in [-0.2, 0) is 6.61 Å². The Morgan fingerprint density at radius 3 is 2.33 bits per heavy atom. The molecule has 0 saturated heterocycles. The van der Waals surface area contributed by atoms with E-state index in [2.05, 4.69) is 4.98 Å². The van der Waals surface area contributed by atoms with Crippen molar-refractivity contribution < 1.29 is 9.50 Å². The summed E-state index contributed by atoms with van der Waals surface area (Å²) in [7, 11) is 0. The van der Waals surface area contributed by atoms with Gasteiger partial charge >= 0.3 is 0 Å². The van der Waals surface area contributed by atoms with E-state index in [4.69, 9.17) is 39.9 Å². The molecule has 0 aliphatic carbocycles. The molecule has 2 nitrogen and oxygen atoms in total. The molecule has 1 aromatic heterocycles. The molecule has 6 heteroatoms. The van der Waals surface area contributed by atoms with Crippen LogP contribution >= 0.6 is 34.8 Å². The lowest BCUT2D eigenvalue weighted by Gasteiger charge is -2.07. The Balaban J connectivity index is 2.55. The van der Waals surface area contributed by atoms with Crippen LogP contribution in [0.15, 0.2) is 24.4 Å². The van der Waals surface area contributed by atoms with E-state index in [1.54, 1.807) is 6.07 Å². The van der Waals surface area contributed by atoms with Gasteiger partial charge in [0.1, 0.15) is 11.5 Å². The minimum absolute atomic E-state index is 0.0186. The van der Waals surface area contributed by atoms with Gasteiger partial charge in [-0.3, -0.25) is 4.98 Å². The van der Waals surface area contributed by atoms with Crippen LogP contribution in [0, 0.1) is 5.82 Å². The van der Waals surface area contributed by atoms with Crippen LogP contribution in [0.25, 0.3) is 11.1 Å². The van der Waals surface area contributed by atoms with E-state index in [0.29, 0.717) is 26.2 Å². The lowest BCUT2D eigenvalue weighted by Crippen LogP contribution is -1.95. The summed E-state index contributed by atoms with van der Waals surface area (Å²) >= 11 is 17.7.